The van der Waals surface area contributed by atoms with Gasteiger partial charge in [-0.15, -0.1) is 0 Å². The van der Waals surface area contributed by atoms with Crippen molar-refractivity contribution in [2.75, 3.05) is 10.6 Å². The topological polar surface area (TPSA) is 84.3 Å². The summed E-state index contributed by atoms with van der Waals surface area (Å²) in [6, 6.07) is 10.2. The molecule has 0 atom stereocenters. The number of nitro benzene ring substituents is 1. The Labute approximate surface area is 133 Å². The van der Waals surface area contributed by atoms with Crippen molar-refractivity contribution in [3.05, 3.63) is 62.1 Å². The third-order valence-corrected chi connectivity index (χ3v) is 3.45. The summed E-state index contributed by atoms with van der Waals surface area (Å²) in [5.41, 5.74) is 0.745. The van der Waals surface area contributed by atoms with Gasteiger partial charge in [-0.25, -0.2) is 4.79 Å². The van der Waals surface area contributed by atoms with Gasteiger partial charge in [0.2, 0.25) is 0 Å². The molecule has 6 nitrogen and oxygen atoms in total. The molecule has 0 spiro atoms. The van der Waals surface area contributed by atoms with Crippen LogP contribution in [0.25, 0.3) is 0 Å². The Morgan fingerprint density at radius 2 is 1.81 bits per heavy atom. The highest BCUT2D eigenvalue weighted by Gasteiger charge is 2.11. The predicted molar refractivity (Wildman–Crippen MR) is 84.9 cm³/mol. The Balaban J connectivity index is 2.10. The Morgan fingerprint density at radius 1 is 1.14 bits per heavy atom. The van der Waals surface area contributed by atoms with Gasteiger partial charge in [0.05, 0.1) is 10.6 Å². The van der Waals surface area contributed by atoms with Crippen LogP contribution in [0.5, 0.6) is 0 Å². The van der Waals surface area contributed by atoms with Crippen LogP contribution < -0.4 is 10.6 Å². The first-order chi connectivity index (χ1) is 9.95. The first-order valence-corrected chi connectivity index (χ1v) is 6.90. The normalized spacial score (nSPS) is 10.0. The van der Waals surface area contributed by atoms with Crippen molar-refractivity contribution in [1.82, 2.24) is 0 Å². The number of benzene rings is 2. The standard InChI is InChI=1S/C13H9BrClN3O3/c14-11-6-5-10(18(20)21)7-12(11)17-13(19)16-9-3-1-8(15)2-4-9/h1-7H,(H2,16,17,19). The fraction of sp³-hybridized carbons (Fsp3) is 0. The Hall–Kier alpha value is -2.12. The number of hydrogen-bond acceptors (Lipinski definition) is 3. The van der Waals surface area contributed by atoms with Gasteiger partial charge in [0.25, 0.3) is 5.69 Å². The van der Waals surface area contributed by atoms with E-state index in [1.165, 1.54) is 18.2 Å². The van der Waals surface area contributed by atoms with Gasteiger partial charge in [0.15, 0.2) is 0 Å². The Bertz CT molecular complexity index is 692. The van der Waals surface area contributed by atoms with Crippen molar-refractivity contribution in [3.63, 3.8) is 0 Å². The number of anilines is 2. The zero-order chi connectivity index (χ0) is 15.4. The van der Waals surface area contributed by atoms with Crippen LogP contribution >= 0.6 is 27.5 Å². The Morgan fingerprint density at radius 3 is 2.43 bits per heavy atom. The largest absolute Gasteiger partial charge is 0.323 e. The zero-order valence-electron chi connectivity index (χ0n) is 10.5. The van der Waals surface area contributed by atoms with Crippen LogP contribution in [0.3, 0.4) is 0 Å². The van der Waals surface area contributed by atoms with Crippen LogP contribution in [-0.2, 0) is 0 Å². The molecule has 0 saturated heterocycles. The summed E-state index contributed by atoms with van der Waals surface area (Å²) in [5, 5.41) is 16.4. The molecular weight excluding hydrogens is 362 g/mol. The first kappa shape index (κ1) is 15.3. The summed E-state index contributed by atoms with van der Waals surface area (Å²) < 4.78 is 0.541. The number of nitrogens with one attached hydrogen (secondary N) is 2. The van der Waals surface area contributed by atoms with E-state index in [1.54, 1.807) is 24.3 Å². The van der Waals surface area contributed by atoms with E-state index in [-0.39, 0.29) is 5.69 Å². The molecule has 0 fully saturated rings. The van der Waals surface area contributed by atoms with Gasteiger partial charge in [0, 0.05) is 27.3 Å². The molecule has 0 bridgehead atoms. The third-order valence-electron chi connectivity index (χ3n) is 2.51. The van der Waals surface area contributed by atoms with Gasteiger partial charge in [0.1, 0.15) is 0 Å². The second-order valence-electron chi connectivity index (χ2n) is 4.01. The van der Waals surface area contributed by atoms with Crippen molar-refractivity contribution in [2.24, 2.45) is 0 Å². The van der Waals surface area contributed by atoms with Crippen LogP contribution in [0.4, 0.5) is 21.9 Å². The van der Waals surface area contributed by atoms with Gasteiger partial charge >= 0.3 is 6.03 Å². The summed E-state index contributed by atoms with van der Waals surface area (Å²) >= 11 is 8.97. The summed E-state index contributed by atoms with van der Waals surface area (Å²) in [6.45, 7) is 0. The van der Waals surface area contributed by atoms with E-state index in [4.69, 9.17) is 11.6 Å². The molecular formula is C13H9BrClN3O3. The van der Waals surface area contributed by atoms with Gasteiger partial charge < -0.3 is 10.6 Å². The fourth-order valence-corrected chi connectivity index (χ4v) is 2.01. The van der Waals surface area contributed by atoms with Crippen LogP contribution in [-0.4, -0.2) is 11.0 Å². The number of non-ortho nitro benzene ring substituents is 1. The second kappa shape index (κ2) is 6.55. The maximum Gasteiger partial charge on any atom is 0.323 e. The molecule has 0 aromatic heterocycles. The van der Waals surface area contributed by atoms with Gasteiger partial charge in [-0.3, -0.25) is 10.1 Å². The summed E-state index contributed by atoms with van der Waals surface area (Å²) in [4.78, 5) is 22.0. The van der Waals surface area contributed by atoms with E-state index in [0.717, 1.165) is 0 Å². The highest BCUT2D eigenvalue weighted by molar-refractivity contribution is 9.10. The molecule has 0 radical (unpaired) electrons. The smallest absolute Gasteiger partial charge is 0.308 e. The molecule has 2 aromatic rings. The molecule has 21 heavy (non-hydrogen) atoms. The van der Waals surface area contributed by atoms with Crippen molar-refractivity contribution in [2.45, 2.75) is 0 Å². The molecule has 2 N–H and O–H groups in total. The minimum Gasteiger partial charge on any atom is -0.308 e. The van der Waals surface area contributed by atoms with Crippen molar-refractivity contribution in [3.8, 4) is 0 Å². The molecule has 0 heterocycles. The van der Waals surface area contributed by atoms with Crippen molar-refractivity contribution in [1.29, 1.82) is 0 Å². The number of halogens is 2. The minimum absolute atomic E-state index is 0.111. The number of carbonyl (C=O) groups excluding carboxylic acids is 1. The number of amides is 2. The maximum absolute atomic E-state index is 11.9. The van der Waals surface area contributed by atoms with Crippen LogP contribution in [0.15, 0.2) is 46.9 Å². The summed E-state index contributed by atoms with van der Waals surface area (Å²) in [5.74, 6) is 0. The molecule has 2 rings (SSSR count). The SMILES string of the molecule is O=C(Nc1ccc(Cl)cc1)Nc1cc([N+](=O)[O-])ccc1Br. The molecule has 8 heteroatoms. The monoisotopic (exact) mass is 369 g/mol. The molecule has 0 aliphatic carbocycles. The lowest BCUT2D eigenvalue weighted by Crippen LogP contribution is -2.19. The number of rotatable bonds is 3. The van der Waals surface area contributed by atoms with E-state index >= 15 is 0 Å². The first-order valence-electron chi connectivity index (χ1n) is 5.73. The van der Waals surface area contributed by atoms with Gasteiger partial charge in [-0.05, 0) is 46.3 Å². The van der Waals surface area contributed by atoms with Crippen molar-refractivity contribution < 1.29 is 9.72 Å². The molecule has 0 unspecified atom stereocenters. The van der Waals surface area contributed by atoms with Crippen LogP contribution in [0, 0.1) is 10.1 Å². The predicted octanol–water partition coefficient (Wildman–Crippen LogP) is 4.65. The zero-order valence-corrected chi connectivity index (χ0v) is 12.8. The third kappa shape index (κ3) is 4.17. The van der Waals surface area contributed by atoms with Gasteiger partial charge in [-0.2, -0.15) is 0 Å². The number of nitro groups is 1. The molecule has 2 amide bonds. The van der Waals surface area contributed by atoms with Crippen molar-refractivity contribution >= 4 is 50.6 Å². The van der Waals surface area contributed by atoms with E-state index in [2.05, 4.69) is 26.6 Å². The highest BCUT2D eigenvalue weighted by Crippen LogP contribution is 2.27. The van der Waals surface area contributed by atoms with E-state index < -0.39 is 11.0 Å². The van der Waals surface area contributed by atoms with E-state index in [9.17, 15) is 14.9 Å². The van der Waals surface area contributed by atoms with E-state index in [0.29, 0.717) is 20.9 Å². The number of nitrogens with zero attached hydrogens (tertiary/aromatic N) is 1. The molecule has 0 aliphatic rings. The highest BCUT2D eigenvalue weighted by atomic mass is 79.9. The number of urea groups is 1. The minimum atomic E-state index is -0.533. The quantitative estimate of drug-likeness (QED) is 0.609. The van der Waals surface area contributed by atoms with E-state index in [1.807, 2.05) is 0 Å². The summed E-state index contributed by atoms with van der Waals surface area (Å²) in [7, 11) is 0. The molecule has 108 valence electrons. The summed E-state index contributed by atoms with van der Waals surface area (Å²) in [6.07, 6.45) is 0. The van der Waals surface area contributed by atoms with Crippen LogP contribution in [0.1, 0.15) is 0 Å². The fourth-order valence-electron chi connectivity index (χ4n) is 1.54. The number of carbonyl (C=O) groups is 1. The lowest BCUT2D eigenvalue weighted by molar-refractivity contribution is -0.384. The van der Waals surface area contributed by atoms with Gasteiger partial charge in [-0.1, -0.05) is 11.6 Å². The van der Waals surface area contributed by atoms with Crippen LogP contribution in [0.2, 0.25) is 5.02 Å². The maximum atomic E-state index is 11.9. The second-order valence-corrected chi connectivity index (χ2v) is 5.30. The average molecular weight is 371 g/mol. The average Bonchev–Trinajstić information content (AvgIpc) is 2.43. The Kier molecular flexibility index (Phi) is 4.77. The lowest BCUT2D eigenvalue weighted by atomic mass is 10.3. The number of hydrogen-bond donors (Lipinski definition) is 2. The molecule has 2 aromatic carbocycles. The molecule has 0 saturated carbocycles. The lowest BCUT2D eigenvalue weighted by Gasteiger charge is -2.09. The molecule has 0 aliphatic heterocycles.